The Morgan fingerprint density at radius 3 is 2.45 bits per heavy atom. The van der Waals surface area contributed by atoms with E-state index in [1.165, 1.54) is 29.6 Å². The fourth-order valence-corrected chi connectivity index (χ4v) is 2.02. The summed E-state index contributed by atoms with van der Waals surface area (Å²) in [4.78, 5) is 0. The van der Waals surface area contributed by atoms with Gasteiger partial charge < -0.3 is 4.74 Å². The Labute approximate surface area is 124 Å². The van der Waals surface area contributed by atoms with E-state index in [0.29, 0.717) is 0 Å². The molecule has 1 unspecified atom stereocenters. The van der Waals surface area contributed by atoms with Gasteiger partial charge in [0.1, 0.15) is 0 Å². The van der Waals surface area contributed by atoms with Crippen molar-refractivity contribution in [2.45, 2.75) is 47.0 Å². The third-order valence-electron chi connectivity index (χ3n) is 3.43. The molecule has 1 aromatic carbocycles. The number of rotatable bonds is 8. The van der Waals surface area contributed by atoms with Crippen LogP contribution in [0.3, 0.4) is 0 Å². The Balaban J connectivity index is 2.22. The van der Waals surface area contributed by atoms with Crippen LogP contribution >= 0.6 is 0 Å². The second-order valence-corrected chi connectivity index (χ2v) is 5.79. The average molecular weight is 272 g/mol. The van der Waals surface area contributed by atoms with Crippen LogP contribution in [-0.2, 0) is 4.74 Å². The van der Waals surface area contributed by atoms with E-state index >= 15 is 0 Å². The van der Waals surface area contributed by atoms with Crippen molar-refractivity contribution in [2.24, 2.45) is 5.92 Å². The number of hydrogen-bond donors (Lipinski definition) is 0. The molecule has 0 aliphatic rings. The van der Waals surface area contributed by atoms with Crippen molar-refractivity contribution in [3.8, 4) is 0 Å². The van der Waals surface area contributed by atoms with Crippen LogP contribution in [0.1, 0.15) is 52.5 Å². The Kier molecular flexibility index (Phi) is 7.79. The van der Waals surface area contributed by atoms with Gasteiger partial charge in [-0.05, 0) is 57.1 Å². The van der Waals surface area contributed by atoms with Crippen molar-refractivity contribution in [1.82, 2.24) is 0 Å². The maximum Gasteiger partial charge on any atom is 0.0876 e. The predicted octanol–water partition coefficient (Wildman–Crippen LogP) is 5.84. The van der Waals surface area contributed by atoms with Crippen molar-refractivity contribution in [2.75, 3.05) is 6.61 Å². The van der Waals surface area contributed by atoms with E-state index in [4.69, 9.17) is 4.74 Å². The zero-order valence-electron chi connectivity index (χ0n) is 13.4. The second-order valence-electron chi connectivity index (χ2n) is 5.79. The Morgan fingerprint density at radius 2 is 1.80 bits per heavy atom. The maximum absolute atomic E-state index is 5.67. The van der Waals surface area contributed by atoms with Gasteiger partial charge in [-0.2, -0.15) is 0 Å². The number of benzene rings is 1. The summed E-state index contributed by atoms with van der Waals surface area (Å²) < 4.78 is 5.67. The highest BCUT2D eigenvalue weighted by molar-refractivity contribution is 5.62. The monoisotopic (exact) mass is 272 g/mol. The van der Waals surface area contributed by atoms with Crippen LogP contribution in [0.2, 0.25) is 0 Å². The first-order valence-electron chi connectivity index (χ1n) is 7.56. The average Bonchev–Trinajstić information content (AvgIpc) is 2.44. The molecule has 0 heterocycles. The molecule has 1 rings (SSSR count). The highest BCUT2D eigenvalue weighted by atomic mass is 16.5. The van der Waals surface area contributed by atoms with Crippen molar-refractivity contribution in [3.63, 3.8) is 0 Å². The summed E-state index contributed by atoms with van der Waals surface area (Å²) in [6.45, 7) is 9.51. The summed E-state index contributed by atoms with van der Waals surface area (Å²) in [6, 6.07) is 10.4. The lowest BCUT2D eigenvalue weighted by atomic mass is 10.0. The molecule has 1 aromatic rings. The van der Waals surface area contributed by atoms with E-state index in [1.54, 1.807) is 0 Å². The highest BCUT2D eigenvalue weighted by Crippen LogP contribution is 2.14. The molecule has 0 saturated heterocycles. The molecule has 1 atom stereocenters. The summed E-state index contributed by atoms with van der Waals surface area (Å²) in [5, 5.41) is 0. The highest BCUT2D eigenvalue weighted by Gasteiger charge is 2.01. The van der Waals surface area contributed by atoms with E-state index in [1.807, 2.05) is 12.3 Å². The standard InChI is InChI=1S/C19H28O/c1-16(2)9-8-10-17(3)13-14-20-15-18(4)19-11-6-5-7-12-19/h5-7,9,11-12,15,17H,8,10,13-14H2,1-4H3. The molecule has 0 bridgehead atoms. The van der Waals surface area contributed by atoms with Crippen LogP contribution in [0.15, 0.2) is 48.2 Å². The lowest BCUT2D eigenvalue weighted by molar-refractivity contribution is 0.224. The van der Waals surface area contributed by atoms with Gasteiger partial charge in [-0.3, -0.25) is 0 Å². The van der Waals surface area contributed by atoms with Crippen LogP contribution < -0.4 is 0 Å². The minimum absolute atomic E-state index is 0.719. The summed E-state index contributed by atoms with van der Waals surface area (Å²) >= 11 is 0. The molecule has 0 amide bonds. The summed E-state index contributed by atoms with van der Waals surface area (Å²) in [5.74, 6) is 0.719. The molecule has 1 nitrogen and oxygen atoms in total. The lowest BCUT2D eigenvalue weighted by Crippen LogP contribution is -1.99. The van der Waals surface area contributed by atoms with Crippen LogP contribution in [0.5, 0.6) is 0 Å². The Bertz CT molecular complexity index is 424. The van der Waals surface area contributed by atoms with E-state index in [-0.39, 0.29) is 0 Å². The van der Waals surface area contributed by atoms with Gasteiger partial charge in [0.05, 0.1) is 12.9 Å². The van der Waals surface area contributed by atoms with Crippen LogP contribution in [0.4, 0.5) is 0 Å². The number of allylic oxidation sites excluding steroid dienone is 3. The van der Waals surface area contributed by atoms with Gasteiger partial charge in [0.15, 0.2) is 0 Å². The fraction of sp³-hybridized carbons (Fsp3) is 0.474. The lowest BCUT2D eigenvalue weighted by Gasteiger charge is -2.10. The number of hydrogen-bond acceptors (Lipinski definition) is 1. The fourth-order valence-electron chi connectivity index (χ4n) is 2.02. The third-order valence-corrected chi connectivity index (χ3v) is 3.43. The van der Waals surface area contributed by atoms with E-state index in [9.17, 15) is 0 Å². The first-order valence-corrected chi connectivity index (χ1v) is 7.56. The van der Waals surface area contributed by atoms with Crippen molar-refractivity contribution >= 4 is 5.57 Å². The molecule has 110 valence electrons. The van der Waals surface area contributed by atoms with Gasteiger partial charge in [0.25, 0.3) is 0 Å². The molecule has 1 heteroatoms. The Hall–Kier alpha value is -1.50. The molecular weight excluding hydrogens is 244 g/mol. The van der Waals surface area contributed by atoms with Crippen molar-refractivity contribution in [3.05, 3.63) is 53.8 Å². The second kappa shape index (κ2) is 9.41. The summed E-state index contributed by atoms with van der Waals surface area (Å²) in [7, 11) is 0. The van der Waals surface area contributed by atoms with Crippen molar-refractivity contribution in [1.29, 1.82) is 0 Å². The normalized spacial score (nSPS) is 12.9. The first kappa shape index (κ1) is 16.6. The SMILES string of the molecule is CC(C)=CCCC(C)CCOC=C(C)c1ccccc1. The molecule has 0 aromatic heterocycles. The number of ether oxygens (including phenoxy) is 1. The summed E-state index contributed by atoms with van der Waals surface area (Å²) in [5.41, 5.74) is 3.82. The molecule has 0 aliphatic carbocycles. The summed E-state index contributed by atoms with van der Waals surface area (Å²) in [6.07, 6.45) is 7.75. The maximum atomic E-state index is 5.67. The molecule has 20 heavy (non-hydrogen) atoms. The zero-order valence-corrected chi connectivity index (χ0v) is 13.4. The third kappa shape index (κ3) is 7.18. The van der Waals surface area contributed by atoms with Gasteiger partial charge in [-0.25, -0.2) is 0 Å². The molecule has 0 radical (unpaired) electrons. The minimum Gasteiger partial charge on any atom is -0.501 e. The molecule has 0 spiro atoms. The van der Waals surface area contributed by atoms with Crippen LogP contribution in [0, 0.1) is 5.92 Å². The minimum atomic E-state index is 0.719. The van der Waals surface area contributed by atoms with Gasteiger partial charge >= 0.3 is 0 Å². The topological polar surface area (TPSA) is 9.23 Å². The molecule has 0 fully saturated rings. The molecule has 0 N–H and O–H groups in total. The molecular formula is C19H28O. The van der Waals surface area contributed by atoms with E-state index in [2.05, 4.69) is 58.0 Å². The van der Waals surface area contributed by atoms with E-state index in [0.717, 1.165) is 18.9 Å². The van der Waals surface area contributed by atoms with Gasteiger partial charge in [0.2, 0.25) is 0 Å². The van der Waals surface area contributed by atoms with Gasteiger partial charge in [0, 0.05) is 0 Å². The smallest absolute Gasteiger partial charge is 0.0876 e. The van der Waals surface area contributed by atoms with Crippen LogP contribution in [0.25, 0.3) is 5.57 Å². The Morgan fingerprint density at radius 1 is 1.10 bits per heavy atom. The van der Waals surface area contributed by atoms with E-state index < -0.39 is 0 Å². The zero-order chi connectivity index (χ0) is 14.8. The van der Waals surface area contributed by atoms with Gasteiger partial charge in [-0.15, -0.1) is 0 Å². The molecule has 0 aliphatic heterocycles. The van der Waals surface area contributed by atoms with Gasteiger partial charge in [-0.1, -0.05) is 48.9 Å². The largest absolute Gasteiger partial charge is 0.501 e. The molecule has 0 saturated carbocycles. The predicted molar refractivity (Wildman–Crippen MR) is 88.5 cm³/mol. The van der Waals surface area contributed by atoms with Crippen LogP contribution in [-0.4, -0.2) is 6.61 Å². The first-order chi connectivity index (χ1) is 9.59. The van der Waals surface area contributed by atoms with Crippen molar-refractivity contribution < 1.29 is 4.74 Å². The quantitative estimate of drug-likeness (QED) is 0.328.